The maximum absolute atomic E-state index is 9.58. The van der Waals surface area contributed by atoms with Crippen molar-refractivity contribution in [2.45, 2.75) is 64.8 Å². The van der Waals surface area contributed by atoms with Crippen LogP contribution in [0.3, 0.4) is 0 Å². The molecule has 3 atom stereocenters. The molecular formula is C16H30N2S. The highest BCUT2D eigenvalue weighted by molar-refractivity contribution is 7.99. The normalized spacial score (nSPS) is 28.2. The fraction of sp³-hybridized carbons (Fsp3) is 0.938. The molecule has 2 nitrogen and oxygen atoms in total. The van der Waals surface area contributed by atoms with Gasteiger partial charge in [-0.3, -0.25) is 5.32 Å². The van der Waals surface area contributed by atoms with Gasteiger partial charge >= 0.3 is 0 Å². The number of hydrogen-bond donors (Lipinski definition) is 1. The Morgan fingerprint density at radius 3 is 2.89 bits per heavy atom. The van der Waals surface area contributed by atoms with Crippen LogP contribution in [-0.4, -0.2) is 23.6 Å². The summed E-state index contributed by atoms with van der Waals surface area (Å²) in [4.78, 5) is 0. The van der Waals surface area contributed by atoms with Crippen LogP contribution in [0.4, 0.5) is 0 Å². The van der Waals surface area contributed by atoms with E-state index in [2.05, 4.69) is 43.9 Å². The van der Waals surface area contributed by atoms with Crippen molar-refractivity contribution >= 4 is 11.8 Å². The molecule has 0 aliphatic heterocycles. The minimum Gasteiger partial charge on any atom is -0.299 e. The third-order valence-electron chi connectivity index (χ3n) is 4.42. The highest BCUT2D eigenvalue weighted by atomic mass is 32.2. The van der Waals surface area contributed by atoms with E-state index in [1.54, 1.807) is 0 Å². The van der Waals surface area contributed by atoms with E-state index in [1.165, 1.54) is 37.2 Å². The Bertz CT molecular complexity index is 287. The summed E-state index contributed by atoms with van der Waals surface area (Å²) in [5, 5.41) is 13.1. The molecular weight excluding hydrogens is 252 g/mol. The van der Waals surface area contributed by atoms with Crippen molar-refractivity contribution < 1.29 is 0 Å². The second kappa shape index (κ2) is 8.87. The third kappa shape index (κ3) is 5.00. The molecule has 0 aromatic rings. The van der Waals surface area contributed by atoms with Crippen LogP contribution in [-0.2, 0) is 0 Å². The minimum absolute atomic E-state index is 0.215. The van der Waals surface area contributed by atoms with E-state index in [9.17, 15) is 5.26 Å². The largest absolute Gasteiger partial charge is 0.299 e. The van der Waals surface area contributed by atoms with Crippen molar-refractivity contribution in [3.8, 4) is 6.07 Å². The van der Waals surface area contributed by atoms with E-state index in [1.807, 2.05) is 0 Å². The predicted molar refractivity (Wildman–Crippen MR) is 85.4 cm³/mol. The van der Waals surface area contributed by atoms with E-state index < -0.39 is 0 Å². The average molecular weight is 282 g/mol. The molecule has 0 saturated heterocycles. The van der Waals surface area contributed by atoms with Gasteiger partial charge in [0.1, 0.15) is 5.54 Å². The number of rotatable bonds is 9. The Hall–Kier alpha value is -0.200. The van der Waals surface area contributed by atoms with E-state index in [4.69, 9.17) is 0 Å². The molecule has 0 aromatic heterocycles. The standard InChI is InChI=1S/C16H30N2S/c1-4-10-18-16(13-17)9-6-7-15(16)8-11-19-12-14(3)5-2/h14-15,18H,4-12H2,1-3H3. The second-order valence-electron chi connectivity index (χ2n) is 5.98. The van der Waals surface area contributed by atoms with Gasteiger partial charge in [0, 0.05) is 0 Å². The molecule has 1 aliphatic rings. The summed E-state index contributed by atoms with van der Waals surface area (Å²) >= 11 is 2.07. The fourth-order valence-electron chi connectivity index (χ4n) is 2.86. The van der Waals surface area contributed by atoms with Crippen molar-refractivity contribution in [1.82, 2.24) is 5.32 Å². The van der Waals surface area contributed by atoms with Gasteiger partial charge < -0.3 is 0 Å². The first-order valence-electron chi connectivity index (χ1n) is 7.92. The summed E-state index contributed by atoms with van der Waals surface area (Å²) in [6, 6.07) is 2.60. The molecule has 3 unspecified atom stereocenters. The first kappa shape index (κ1) is 16.9. The Kier molecular flexibility index (Phi) is 7.87. The Balaban J connectivity index is 2.36. The van der Waals surface area contributed by atoms with Gasteiger partial charge in [-0.2, -0.15) is 17.0 Å². The molecule has 110 valence electrons. The zero-order valence-electron chi connectivity index (χ0n) is 12.9. The molecule has 1 aliphatic carbocycles. The first-order chi connectivity index (χ1) is 9.18. The highest BCUT2D eigenvalue weighted by Crippen LogP contribution is 2.38. The average Bonchev–Trinajstić information content (AvgIpc) is 2.84. The van der Waals surface area contributed by atoms with Crippen molar-refractivity contribution in [2.24, 2.45) is 11.8 Å². The van der Waals surface area contributed by atoms with E-state index >= 15 is 0 Å². The van der Waals surface area contributed by atoms with Crippen molar-refractivity contribution in [2.75, 3.05) is 18.1 Å². The summed E-state index contributed by atoms with van der Waals surface area (Å²) in [5.74, 6) is 3.87. The van der Waals surface area contributed by atoms with Crippen molar-refractivity contribution in [3.05, 3.63) is 0 Å². The molecule has 1 saturated carbocycles. The van der Waals surface area contributed by atoms with Gasteiger partial charge in [0.05, 0.1) is 6.07 Å². The van der Waals surface area contributed by atoms with Gasteiger partial charge in [-0.05, 0) is 55.6 Å². The van der Waals surface area contributed by atoms with Gasteiger partial charge in [0.2, 0.25) is 0 Å². The summed E-state index contributed by atoms with van der Waals surface area (Å²) < 4.78 is 0. The number of hydrogen-bond acceptors (Lipinski definition) is 3. The second-order valence-corrected chi connectivity index (χ2v) is 7.13. The van der Waals surface area contributed by atoms with Crippen LogP contribution in [0.15, 0.2) is 0 Å². The first-order valence-corrected chi connectivity index (χ1v) is 9.08. The van der Waals surface area contributed by atoms with Gasteiger partial charge in [-0.15, -0.1) is 0 Å². The lowest BCUT2D eigenvalue weighted by Crippen LogP contribution is -2.47. The minimum atomic E-state index is -0.215. The zero-order valence-corrected chi connectivity index (χ0v) is 13.7. The van der Waals surface area contributed by atoms with Crippen molar-refractivity contribution in [3.63, 3.8) is 0 Å². The van der Waals surface area contributed by atoms with Crippen LogP contribution >= 0.6 is 11.8 Å². The van der Waals surface area contributed by atoms with Gasteiger partial charge in [0.15, 0.2) is 0 Å². The van der Waals surface area contributed by atoms with E-state index in [-0.39, 0.29) is 5.54 Å². The summed E-state index contributed by atoms with van der Waals surface area (Å²) in [7, 11) is 0. The monoisotopic (exact) mass is 282 g/mol. The molecule has 0 bridgehead atoms. The van der Waals surface area contributed by atoms with E-state index in [0.717, 1.165) is 25.3 Å². The SMILES string of the molecule is CCCNC1(C#N)CCCC1CCSCC(C)CC. The molecule has 0 radical (unpaired) electrons. The number of nitrogens with one attached hydrogen (secondary N) is 1. The molecule has 1 fully saturated rings. The topological polar surface area (TPSA) is 35.8 Å². The molecule has 0 amide bonds. The number of thioether (sulfide) groups is 1. The van der Waals surface area contributed by atoms with Crippen LogP contribution in [0.5, 0.6) is 0 Å². The summed E-state index contributed by atoms with van der Waals surface area (Å²) in [6.07, 6.45) is 7.07. The maximum Gasteiger partial charge on any atom is 0.109 e. The summed E-state index contributed by atoms with van der Waals surface area (Å²) in [5.41, 5.74) is -0.215. The van der Waals surface area contributed by atoms with Crippen molar-refractivity contribution in [1.29, 1.82) is 5.26 Å². The molecule has 19 heavy (non-hydrogen) atoms. The van der Waals surface area contributed by atoms with Crippen LogP contribution < -0.4 is 5.32 Å². The molecule has 3 heteroatoms. The smallest absolute Gasteiger partial charge is 0.109 e. The Morgan fingerprint density at radius 2 is 2.26 bits per heavy atom. The van der Waals surface area contributed by atoms with Crippen LogP contribution in [0.2, 0.25) is 0 Å². The Morgan fingerprint density at radius 1 is 1.47 bits per heavy atom. The van der Waals surface area contributed by atoms with Gasteiger partial charge in [0.25, 0.3) is 0 Å². The number of nitriles is 1. The zero-order chi connectivity index (χ0) is 14.1. The van der Waals surface area contributed by atoms with Crippen LogP contribution in [0.1, 0.15) is 59.3 Å². The molecule has 0 aromatic carbocycles. The lowest BCUT2D eigenvalue weighted by molar-refractivity contribution is 0.311. The molecule has 0 spiro atoms. The van der Waals surface area contributed by atoms with Gasteiger partial charge in [-0.25, -0.2) is 0 Å². The third-order valence-corrected chi connectivity index (χ3v) is 5.75. The predicted octanol–water partition coefficient (Wildman–Crippen LogP) is 4.22. The quantitative estimate of drug-likeness (QED) is 0.643. The lowest BCUT2D eigenvalue weighted by Gasteiger charge is -2.30. The fourth-order valence-corrected chi connectivity index (χ4v) is 4.12. The van der Waals surface area contributed by atoms with E-state index in [0.29, 0.717) is 5.92 Å². The Labute approximate surface area is 123 Å². The number of nitrogens with zero attached hydrogens (tertiary/aromatic N) is 1. The van der Waals surface area contributed by atoms with Crippen LogP contribution in [0.25, 0.3) is 0 Å². The maximum atomic E-state index is 9.58. The highest BCUT2D eigenvalue weighted by Gasteiger charge is 2.42. The van der Waals surface area contributed by atoms with Crippen LogP contribution in [0, 0.1) is 23.2 Å². The molecule has 1 rings (SSSR count). The molecule has 0 heterocycles. The lowest BCUT2D eigenvalue weighted by atomic mass is 9.86. The van der Waals surface area contributed by atoms with Gasteiger partial charge in [-0.1, -0.05) is 33.6 Å². The molecule has 1 N–H and O–H groups in total. The summed E-state index contributed by atoms with van der Waals surface area (Å²) in [6.45, 7) is 7.73.